The third-order valence-corrected chi connectivity index (χ3v) is 3.69. The molecule has 0 bridgehead atoms. The number of benzene rings is 4. The van der Waals surface area contributed by atoms with E-state index in [4.69, 9.17) is 0 Å². The number of fused-ring (bicyclic) bond motifs is 2. The monoisotopic (exact) mass is 330 g/mol. The summed E-state index contributed by atoms with van der Waals surface area (Å²) in [5.41, 5.74) is 2.25. The minimum absolute atomic E-state index is 0. The summed E-state index contributed by atoms with van der Waals surface area (Å²) in [6.07, 6.45) is 0. The summed E-state index contributed by atoms with van der Waals surface area (Å²) in [6, 6.07) is 31.8. The first-order chi connectivity index (χ1) is 9.93. The largest absolute Gasteiger partial charge is 1.00 e. The predicted octanol–water partition coefficient (Wildman–Crippen LogP) is -0.732. The number of rotatable bonds is 1. The van der Waals surface area contributed by atoms with Gasteiger partial charge in [-0.25, -0.2) is 11.1 Å². The van der Waals surface area contributed by atoms with Crippen LogP contribution in [0.25, 0.3) is 32.7 Å². The zero-order chi connectivity index (χ0) is 13.4. The van der Waals surface area contributed by atoms with Crippen LogP contribution in [0.1, 0.15) is 0 Å². The van der Waals surface area contributed by atoms with Gasteiger partial charge in [0.05, 0.1) is 0 Å². The van der Waals surface area contributed by atoms with Crippen LogP contribution in [0.2, 0.25) is 0 Å². The van der Waals surface area contributed by atoms with E-state index in [9.17, 15) is 0 Å². The molecule has 4 aromatic rings. The van der Waals surface area contributed by atoms with Crippen LogP contribution >= 0.6 is 0 Å². The first-order valence-electron chi connectivity index (χ1n) is 6.73. The van der Waals surface area contributed by atoms with Crippen LogP contribution in [-0.2, 0) is 0 Å². The van der Waals surface area contributed by atoms with Crippen molar-refractivity contribution in [2.45, 2.75) is 0 Å². The first-order valence-corrected chi connectivity index (χ1v) is 6.73. The van der Waals surface area contributed by atoms with Crippen LogP contribution in [0, 0.1) is 12.1 Å². The Morgan fingerprint density at radius 3 is 1.36 bits per heavy atom. The SMILES string of the molecule is [K+].[K+].[c-]1ccc2ccccc2c1-c1[c-]ccc2ccccc12. The molecule has 0 radical (unpaired) electrons. The van der Waals surface area contributed by atoms with Gasteiger partial charge in [0.15, 0.2) is 0 Å². The standard InChI is InChI=1S/C20H12.2K/c1-3-11-17-15(7-1)9-5-13-19(17)20-14-6-10-16-8-2-4-12-18(16)20;;/h1-12H;;/q-2;2*+1. The summed E-state index contributed by atoms with van der Waals surface area (Å²) in [6.45, 7) is 0. The van der Waals surface area contributed by atoms with Gasteiger partial charge in [-0.05, 0) is 0 Å². The Hall–Kier alpha value is 0.673. The average molecular weight is 331 g/mol. The zero-order valence-electron chi connectivity index (χ0n) is 12.9. The minimum atomic E-state index is 0. The van der Waals surface area contributed by atoms with E-state index >= 15 is 0 Å². The van der Waals surface area contributed by atoms with Crippen molar-refractivity contribution in [3.05, 3.63) is 84.9 Å². The average Bonchev–Trinajstić information content (AvgIpc) is 2.54. The zero-order valence-corrected chi connectivity index (χ0v) is 19.2. The quantitative estimate of drug-likeness (QED) is 0.319. The van der Waals surface area contributed by atoms with E-state index in [1.165, 1.54) is 21.5 Å². The molecule has 0 N–H and O–H groups in total. The summed E-state index contributed by atoms with van der Waals surface area (Å²) in [5.74, 6) is 0. The van der Waals surface area contributed by atoms with Crippen molar-refractivity contribution in [3.63, 3.8) is 0 Å². The molecule has 0 heterocycles. The molecule has 94 valence electrons. The van der Waals surface area contributed by atoms with Gasteiger partial charge in [0.2, 0.25) is 0 Å². The van der Waals surface area contributed by atoms with Gasteiger partial charge in [-0.15, -0.1) is 45.8 Å². The summed E-state index contributed by atoms with van der Waals surface area (Å²) in [7, 11) is 0. The minimum Gasteiger partial charge on any atom is -0.218 e. The van der Waals surface area contributed by atoms with Gasteiger partial charge in [-0.2, -0.15) is 24.3 Å². The van der Waals surface area contributed by atoms with E-state index < -0.39 is 0 Å². The Labute approximate surface area is 216 Å². The molecule has 0 aliphatic carbocycles. The van der Waals surface area contributed by atoms with Gasteiger partial charge >= 0.3 is 103 Å². The molecule has 4 aromatic carbocycles. The van der Waals surface area contributed by atoms with Crippen molar-refractivity contribution in [2.75, 3.05) is 0 Å². The Balaban J connectivity index is 0.000000882. The van der Waals surface area contributed by atoms with Crippen molar-refractivity contribution in [1.29, 1.82) is 0 Å². The van der Waals surface area contributed by atoms with Crippen LogP contribution in [-0.4, -0.2) is 0 Å². The van der Waals surface area contributed by atoms with Crippen LogP contribution in [0.3, 0.4) is 0 Å². The van der Waals surface area contributed by atoms with Crippen molar-refractivity contribution < 1.29 is 103 Å². The fourth-order valence-electron chi connectivity index (χ4n) is 2.74. The molecule has 0 amide bonds. The molecule has 22 heavy (non-hydrogen) atoms. The molecule has 0 aromatic heterocycles. The third kappa shape index (κ3) is 3.67. The smallest absolute Gasteiger partial charge is 0.218 e. The van der Waals surface area contributed by atoms with Gasteiger partial charge in [0.1, 0.15) is 0 Å². The molecule has 0 spiro atoms. The molecule has 0 fully saturated rings. The van der Waals surface area contributed by atoms with Crippen LogP contribution in [0.4, 0.5) is 0 Å². The summed E-state index contributed by atoms with van der Waals surface area (Å²) >= 11 is 0. The molecule has 0 unspecified atom stereocenters. The van der Waals surface area contributed by atoms with Crippen molar-refractivity contribution >= 4 is 21.5 Å². The van der Waals surface area contributed by atoms with Gasteiger partial charge < -0.3 is 0 Å². The molecule has 2 heteroatoms. The maximum atomic E-state index is 3.39. The Bertz CT molecular complexity index is 825. The van der Waals surface area contributed by atoms with E-state index in [0.717, 1.165) is 11.1 Å². The summed E-state index contributed by atoms with van der Waals surface area (Å²) in [4.78, 5) is 0. The first kappa shape index (κ1) is 19.0. The van der Waals surface area contributed by atoms with Crippen LogP contribution in [0.15, 0.2) is 72.8 Å². The second-order valence-corrected chi connectivity index (χ2v) is 4.88. The van der Waals surface area contributed by atoms with E-state index in [-0.39, 0.29) is 103 Å². The number of hydrogen-bond donors (Lipinski definition) is 0. The molecular weight excluding hydrogens is 318 g/mol. The topological polar surface area (TPSA) is 0 Å². The molecule has 0 atom stereocenters. The number of hydrogen-bond acceptors (Lipinski definition) is 0. The van der Waals surface area contributed by atoms with Gasteiger partial charge in [-0.1, -0.05) is 36.4 Å². The molecule has 0 aliphatic heterocycles. The molecule has 0 nitrogen and oxygen atoms in total. The fraction of sp³-hybridized carbons (Fsp3) is 0. The molecular formula is C20H12K2. The second kappa shape index (κ2) is 8.68. The van der Waals surface area contributed by atoms with Crippen LogP contribution in [0.5, 0.6) is 0 Å². The fourth-order valence-corrected chi connectivity index (χ4v) is 2.74. The molecule has 0 saturated heterocycles. The Morgan fingerprint density at radius 1 is 0.500 bits per heavy atom. The Kier molecular flexibility index (Phi) is 7.49. The maximum Gasteiger partial charge on any atom is 1.00 e. The van der Waals surface area contributed by atoms with Gasteiger partial charge in [-0.3, -0.25) is 0 Å². The molecule has 4 rings (SSSR count). The Morgan fingerprint density at radius 2 is 0.909 bits per heavy atom. The van der Waals surface area contributed by atoms with E-state index in [2.05, 4.69) is 72.8 Å². The van der Waals surface area contributed by atoms with E-state index in [0.29, 0.717) is 0 Å². The third-order valence-electron chi connectivity index (χ3n) is 3.69. The normalized spacial score (nSPS) is 10.0. The van der Waals surface area contributed by atoms with E-state index in [1.54, 1.807) is 0 Å². The van der Waals surface area contributed by atoms with Gasteiger partial charge in [0.25, 0.3) is 0 Å². The van der Waals surface area contributed by atoms with Gasteiger partial charge in [0, 0.05) is 0 Å². The molecule has 0 saturated carbocycles. The maximum absolute atomic E-state index is 3.39. The van der Waals surface area contributed by atoms with E-state index in [1.807, 2.05) is 12.1 Å². The van der Waals surface area contributed by atoms with Crippen LogP contribution < -0.4 is 103 Å². The summed E-state index contributed by atoms with van der Waals surface area (Å²) < 4.78 is 0. The van der Waals surface area contributed by atoms with Crippen molar-refractivity contribution in [2.24, 2.45) is 0 Å². The summed E-state index contributed by atoms with van der Waals surface area (Å²) in [5, 5.41) is 4.93. The predicted molar refractivity (Wildman–Crippen MR) is 84.6 cm³/mol. The second-order valence-electron chi connectivity index (χ2n) is 4.88. The van der Waals surface area contributed by atoms with Crippen molar-refractivity contribution in [3.8, 4) is 11.1 Å². The molecule has 0 aliphatic rings. The van der Waals surface area contributed by atoms with Crippen molar-refractivity contribution in [1.82, 2.24) is 0 Å².